The van der Waals surface area contributed by atoms with Crippen molar-refractivity contribution in [3.63, 3.8) is 0 Å². The summed E-state index contributed by atoms with van der Waals surface area (Å²) in [6.45, 7) is 9.09. The number of hydrogen-bond donors (Lipinski definition) is 0. The Hall–Kier alpha value is -2.63. The van der Waals surface area contributed by atoms with Crippen molar-refractivity contribution < 1.29 is 9.59 Å². The van der Waals surface area contributed by atoms with Gasteiger partial charge in [-0.1, -0.05) is 0 Å². The summed E-state index contributed by atoms with van der Waals surface area (Å²) in [5.41, 5.74) is 3.58. The third kappa shape index (κ3) is 3.21. The Labute approximate surface area is 166 Å². The zero-order chi connectivity index (χ0) is 19.8. The highest BCUT2D eigenvalue weighted by molar-refractivity contribution is 5.96. The first kappa shape index (κ1) is 18.7. The largest absolute Gasteiger partial charge is 0.349 e. The SMILES string of the molecule is CCn1c(C)cc(C(=O)N2C[C@H]3CC[C@@H]2CN(C(=O)c2cccnc2)C3)c1C. The van der Waals surface area contributed by atoms with Crippen molar-refractivity contribution in [2.45, 2.75) is 46.2 Å². The van der Waals surface area contributed by atoms with Crippen LogP contribution in [0, 0.1) is 19.8 Å². The van der Waals surface area contributed by atoms with Gasteiger partial charge in [0.25, 0.3) is 11.8 Å². The molecule has 6 nitrogen and oxygen atoms in total. The Morgan fingerprint density at radius 3 is 2.64 bits per heavy atom. The molecule has 2 aromatic rings. The molecular formula is C22H28N4O2. The summed E-state index contributed by atoms with van der Waals surface area (Å²) < 4.78 is 2.18. The van der Waals surface area contributed by atoms with Crippen LogP contribution in [-0.2, 0) is 6.54 Å². The van der Waals surface area contributed by atoms with Gasteiger partial charge in [0.1, 0.15) is 0 Å². The zero-order valence-corrected chi connectivity index (χ0v) is 16.9. The Morgan fingerprint density at radius 1 is 1.14 bits per heavy atom. The van der Waals surface area contributed by atoms with E-state index in [1.807, 2.05) is 28.9 Å². The second-order valence-corrected chi connectivity index (χ2v) is 8.04. The molecular weight excluding hydrogens is 352 g/mol. The van der Waals surface area contributed by atoms with Crippen molar-refractivity contribution in [3.8, 4) is 0 Å². The highest BCUT2D eigenvalue weighted by Gasteiger charge is 2.39. The number of hydrogen-bond acceptors (Lipinski definition) is 3. The van der Waals surface area contributed by atoms with Gasteiger partial charge in [-0.15, -0.1) is 0 Å². The smallest absolute Gasteiger partial charge is 0.256 e. The van der Waals surface area contributed by atoms with E-state index >= 15 is 0 Å². The van der Waals surface area contributed by atoms with E-state index in [0.717, 1.165) is 42.9 Å². The summed E-state index contributed by atoms with van der Waals surface area (Å²) in [7, 11) is 0. The Morgan fingerprint density at radius 2 is 1.96 bits per heavy atom. The minimum absolute atomic E-state index is 0.0171. The monoisotopic (exact) mass is 380 g/mol. The van der Waals surface area contributed by atoms with E-state index in [9.17, 15) is 9.59 Å². The maximum atomic E-state index is 13.4. The van der Waals surface area contributed by atoms with Crippen LogP contribution in [0.3, 0.4) is 0 Å². The van der Waals surface area contributed by atoms with E-state index in [4.69, 9.17) is 0 Å². The lowest BCUT2D eigenvalue weighted by atomic mass is 9.94. The van der Waals surface area contributed by atoms with Crippen molar-refractivity contribution in [3.05, 3.63) is 53.1 Å². The Balaban J connectivity index is 1.57. The lowest BCUT2D eigenvalue weighted by molar-refractivity contribution is 0.0573. The lowest BCUT2D eigenvalue weighted by Crippen LogP contribution is -2.47. The molecule has 2 atom stereocenters. The topological polar surface area (TPSA) is 58.4 Å². The van der Waals surface area contributed by atoms with E-state index in [0.29, 0.717) is 24.6 Å². The van der Waals surface area contributed by atoms with Gasteiger partial charge in [0, 0.05) is 56.0 Å². The van der Waals surface area contributed by atoms with Crippen molar-refractivity contribution in [2.75, 3.05) is 19.6 Å². The number of fused-ring (bicyclic) bond motifs is 4. The number of pyridine rings is 1. The standard InChI is InChI=1S/C22H28N4O2/c1-4-25-15(2)10-20(16(25)3)22(28)26-13-17-7-8-19(26)14-24(12-17)21(27)18-6-5-9-23-11-18/h5-6,9-11,17,19H,4,7-8,12-14H2,1-3H3/t17-,19+/m0/s1. The van der Waals surface area contributed by atoms with Crippen molar-refractivity contribution in [2.24, 2.45) is 5.92 Å². The summed E-state index contributed by atoms with van der Waals surface area (Å²) in [6, 6.07) is 5.69. The predicted octanol–water partition coefficient (Wildman–Crippen LogP) is 2.90. The fourth-order valence-electron chi connectivity index (χ4n) is 4.83. The fourth-order valence-corrected chi connectivity index (χ4v) is 4.83. The maximum Gasteiger partial charge on any atom is 0.256 e. The van der Waals surface area contributed by atoms with Crippen LogP contribution in [0.15, 0.2) is 30.6 Å². The average Bonchev–Trinajstić information content (AvgIpc) is 2.88. The van der Waals surface area contributed by atoms with Gasteiger partial charge in [0.2, 0.25) is 0 Å². The molecule has 0 aliphatic carbocycles. The van der Waals surface area contributed by atoms with E-state index < -0.39 is 0 Å². The predicted molar refractivity (Wildman–Crippen MR) is 107 cm³/mol. The van der Waals surface area contributed by atoms with Crippen LogP contribution < -0.4 is 0 Å². The van der Waals surface area contributed by atoms with Gasteiger partial charge in [0.15, 0.2) is 0 Å². The molecule has 0 N–H and O–H groups in total. The van der Waals surface area contributed by atoms with E-state index in [2.05, 4.69) is 23.4 Å². The molecule has 2 aromatic heterocycles. The summed E-state index contributed by atoms with van der Waals surface area (Å²) in [5.74, 6) is 0.458. The molecule has 28 heavy (non-hydrogen) atoms. The van der Waals surface area contributed by atoms with Gasteiger partial charge in [-0.2, -0.15) is 0 Å². The third-order valence-corrected chi connectivity index (χ3v) is 6.29. The molecule has 2 bridgehead atoms. The van der Waals surface area contributed by atoms with Gasteiger partial charge < -0.3 is 14.4 Å². The molecule has 0 unspecified atom stereocenters. The van der Waals surface area contributed by atoms with Crippen molar-refractivity contribution in [1.29, 1.82) is 0 Å². The van der Waals surface area contributed by atoms with Crippen LogP contribution in [0.5, 0.6) is 0 Å². The molecule has 148 valence electrons. The molecule has 2 amide bonds. The molecule has 0 saturated carbocycles. The molecule has 0 radical (unpaired) electrons. The van der Waals surface area contributed by atoms with Crippen LogP contribution in [-0.4, -0.2) is 56.8 Å². The first-order chi connectivity index (χ1) is 13.5. The van der Waals surface area contributed by atoms with Gasteiger partial charge in [-0.05, 0) is 57.7 Å². The molecule has 5 rings (SSSR count). The number of carbonyl (C=O) groups excluding carboxylic acids is 2. The normalized spacial score (nSPS) is 21.7. The number of nitrogens with zero attached hydrogens (tertiary/aromatic N) is 4. The van der Waals surface area contributed by atoms with E-state index in [1.54, 1.807) is 18.5 Å². The maximum absolute atomic E-state index is 13.4. The second kappa shape index (κ2) is 7.41. The third-order valence-electron chi connectivity index (χ3n) is 6.29. The molecule has 0 aromatic carbocycles. The van der Waals surface area contributed by atoms with Crippen LogP contribution in [0.4, 0.5) is 0 Å². The molecule has 3 aliphatic rings. The fraction of sp³-hybridized carbons (Fsp3) is 0.500. The number of aryl methyl sites for hydroxylation is 1. The summed E-state index contributed by atoms with van der Waals surface area (Å²) in [5, 5.41) is 0. The molecule has 3 fully saturated rings. The molecule has 3 aliphatic heterocycles. The highest BCUT2D eigenvalue weighted by Crippen LogP contribution is 2.31. The van der Waals surface area contributed by atoms with Crippen molar-refractivity contribution >= 4 is 11.8 Å². The quantitative estimate of drug-likeness (QED) is 0.823. The highest BCUT2D eigenvalue weighted by atomic mass is 16.2. The van der Waals surface area contributed by atoms with Crippen LogP contribution in [0.2, 0.25) is 0 Å². The molecule has 5 heterocycles. The number of aromatic nitrogens is 2. The van der Waals surface area contributed by atoms with E-state index in [1.165, 1.54) is 0 Å². The Kier molecular flexibility index (Phi) is 4.96. The first-order valence-corrected chi connectivity index (χ1v) is 10.2. The number of carbonyl (C=O) groups is 2. The minimum Gasteiger partial charge on any atom is -0.349 e. The van der Waals surface area contributed by atoms with Gasteiger partial charge in [-0.25, -0.2) is 0 Å². The molecule has 6 heteroatoms. The van der Waals surface area contributed by atoms with Crippen LogP contribution in [0.1, 0.15) is 51.9 Å². The average molecular weight is 380 g/mol. The van der Waals surface area contributed by atoms with Gasteiger partial charge in [-0.3, -0.25) is 14.6 Å². The Bertz CT molecular complexity index is 889. The van der Waals surface area contributed by atoms with Gasteiger partial charge in [0.05, 0.1) is 11.1 Å². The number of amides is 2. The second-order valence-electron chi connectivity index (χ2n) is 8.04. The molecule has 0 spiro atoms. The number of rotatable bonds is 3. The van der Waals surface area contributed by atoms with Crippen molar-refractivity contribution in [1.82, 2.24) is 19.4 Å². The zero-order valence-electron chi connectivity index (χ0n) is 16.9. The summed E-state index contributed by atoms with van der Waals surface area (Å²) in [6.07, 6.45) is 5.33. The van der Waals surface area contributed by atoms with Gasteiger partial charge >= 0.3 is 0 Å². The summed E-state index contributed by atoms with van der Waals surface area (Å²) >= 11 is 0. The van der Waals surface area contributed by atoms with Crippen LogP contribution in [0.25, 0.3) is 0 Å². The molecule has 3 saturated heterocycles. The summed E-state index contributed by atoms with van der Waals surface area (Å²) in [4.78, 5) is 34.3. The minimum atomic E-state index is 0.0171. The van der Waals surface area contributed by atoms with Crippen LogP contribution >= 0.6 is 0 Å². The first-order valence-electron chi connectivity index (χ1n) is 10.2. The lowest BCUT2D eigenvalue weighted by Gasteiger charge is -2.36. The number of piperidine rings is 1. The van der Waals surface area contributed by atoms with E-state index in [-0.39, 0.29) is 17.9 Å².